The summed E-state index contributed by atoms with van der Waals surface area (Å²) >= 11 is 10.6. The Labute approximate surface area is 157 Å². The molecule has 2 rings (SSSR count). The fourth-order valence-corrected chi connectivity index (χ4v) is 6.84. The lowest BCUT2D eigenvalue weighted by Gasteiger charge is -2.11. The van der Waals surface area contributed by atoms with E-state index in [-0.39, 0.29) is 5.12 Å². The number of hydrogen-bond acceptors (Lipinski definition) is 5. The average Bonchev–Trinajstić information content (AvgIpc) is 2.96. The highest BCUT2D eigenvalue weighted by molar-refractivity contribution is 9.10. The number of benzene rings is 1. The van der Waals surface area contributed by atoms with Crippen LogP contribution in [0.4, 0.5) is 0 Å². The summed E-state index contributed by atoms with van der Waals surface area (Å²) in [6, 6.07) is 8.55. The minimum atomic E-state index is 0.0633. The van der Waals surface area contributed by atoms with Gasteiger partial charge in [-0.15, -0.1) is 23.5 Å². The minimum Gasteiger partial charge on any atom is -0.282 e. The number of thioether (sulfide) groups is 4. The van der Waals surface area contributed by atoms with E-state index in [4.69, 9.17) is 0 Å². The smallest absolute Gasteiger partial charge is 0.211 e. The molecular formula is C16H17BrOS4. The number of carbonyl (C=O) groups is 1. The quantitative estimate of drug-likeness (QED) is 0.466. The molecule has 0 radical (unpaired) electrons. The predicted molar refractivity (Wildman–Crippen MR) is 110 cm³/mol. The number of rotatable bonds is 7. The van der Waals surface area contributed by atoms with E-state index in [1.807, 2.05) is 35.3 Å². The van der Waals surface area contributed by atoms with Gasteiger partial charge in [-0.1, -0.05) is 53.3 Å². The third-order valence-electron chi connectivity index (χ3n) is 2.80. The van der Waals surface area contributed by atoms with Gasteiger partial charge in [0.25, 0.3) is 0 Å². The normalized spacial score (nSPS) is 18.8. The zero-order valence-electron chi connectivity index (χ0n) is 12.2. The highest BCUT2D eigenvalue weighted by atomic mass is 79.9. The fraction of sp³-hybridized carbons (Fsp3) is 0.312. The lowest BCUT2D eigenvalue weighted by molar-refractivity contribution is -0.107. The average molecular weight is 433 g/mol. The van der Waals surface area contributed by atoms with E-state index in [0.29, 0.717) is 9.83 Å². The molecule has 0 saturated carbocycles. The Hall–Kier alpha value is 0.250. The predicted octanol–water partition coefficient (Wildman–Crippen LogP) is 6.34. The number of halogens is 1. The van der Waals surface area contributed by atoms with Crippen LogP contribution in [0, 0.1) is 0 Å². The summed E-state index contributed by atoms with van der Waals surface area (Å²) in [4.78, 5) is 12.7. The molecule has 6 heteroatoms. The Bertz CT molecular complexity index is 556. The Kier molecular flexibility index (Phi) is 8.05. The van der Waals surface area contributed by atoms with Gasteiger partial charge in [-0.2, -0.15) is 11.8 Å². The van der Waals surface area contributed by atoms with Gasteiger partial charge in [-0.05, 0) is 29.2 Å². The molecule has 0 bridgehead atoms. The highest BCUT2D eigenvalue weighted by Crippen LogP contribution is 2.51. The molecule has 1 nitrogen and oxygen atoms in total. The van der Waals surface area contributed by atoms with Crippen LogP contribution in [0.3, 0.4) is 0 Å². The van der Waals surface area contributed by atoms with Crippen molar-refractivity contribution in [2.45, 2.75) is 16.8 Å². The summed E-state index contributed by atoms with van der Waals surface area (Å²) < 4.78 is 1.59. The molecule has 1 aliphatic rings. The first-order valence-electron chi connectivity index (χ1n) is 6.76. The van der Waals surface area contributed by atoms with E-state index in [1.165, 1.54) is 28.3 Å². The van der Waals surface area contributed by atoms with Gasteiger partial charge in [0.15, 0.2) is 0 Å². The van der Waals surface area contributed by atoms with Gasteiger partial charge in [0, 0.05) is 26.1 Å². The molecule has 0 spiro atoms. The van der Waals surface area contributed by atoms with Crippen molar-refractivity contribution in [2.24, 2.45) is 0 Å². The molecule has 0 aliphatic carbocycles. The van der Waals surface area contributed by atoms with Crippen LogP contribution in [0.2, 0.25) is 0 Å². The molecule has 0 N–H and O–H groups in total. The molecule has 1 heterocycles. The molecular weight excluding hydrogens is 416 g/mol. The van der Waals surface area contributed by atoms with Crippen LogP contribution in [0.5, 0.6) is 0 Å². The zero-order valence-corrected chi connectivity index (χ0v) is 17.0. The van der Waals surface area contributed by atoms with Gasteiger partial charge in [-0.3, -0.25) is 4.79 Å². The van der Waals surface area contributed by atoms with Gasteiger partial charge in [-0.25, -0.2) is 0 Å². The first kappa shape index (κ1) is 18.6. The van der Waals surface area contributed by atoms with Crippen molar-refractivity contribution in [3.63, 3.8) is 0 Å². The molecule has 0 fully saturated rings. The van der Waals surface area contributed by atoms with E-state index >= 15 is 0 Å². The Morgan fingerprint density at radius 1 is 1.45 bits per heavy atom. The van der Waals surface area contributed by atoms with Crippen molar-refractivity contribution >= 4 is 68.1 Å². The summed E-state index contributed by atoms with van der Waals surface area (Å²) in [6.45, 7) is 5.60. The van der Waals surface area contributed by atoms with E-state index in [0.717, 1.165) is 16.0 Å². The van der Waals surface area contributed by atoms with Crippen molar-refractivity contribution in [2.75, 3.05) is 11.5 Å². The SMILES string of the molecule is C=CC(=O)SC(C)CSCC1=CSC(c2ccc(Br)cc2)S1. The molecule has 22 heavy (non-hydrogen) atoms. The van der Waals surface area contributed by atoms with Crippen molar-refractivity contribution in [3.8, 4) is 0 Å². The third kappa shape index (κ3) is 6.04. The maximum atomic E-state index is 11.3. The second-order valence-electron chi connectivity index (χ2n) is 4.69. The maximum absolute atomic E-state index is 11.3. The van der Waals surface area contributed by atoms with Crippen LogP contribution < -0.4 is 0 Å². The summed E-state index contributed by atoms with van der Waals surface area (Å²) in [5, 5.41) is 2.67. The fourth-order valence-electron chi connectivity index (χ4n) is 1.77. The van der Waals surface area contributed by atoms with Gasteiger partial charge in [0.1, 0.15) is 0 Å². The largest absolute Gasteiger partial charge is 0.282 e. The Morgan fingerprint density at radius 2 is 2.18 bits per heavy atom. The third-order valence-corrected chi connectivity index (χ3v) is 8.71. The standard InChI is InChI=1S/C16H17BrOS4/c1-3-15(18)21-11(2)8-19-9-14-10-20-16(22-14)12-4-6-13(17)7-5-12/h3-7,10-11,16H,1,8-9H2,2H3. The number of carbonyl (C=O) groups excluding carboxylic acids is 1. The molecule has 1 aromatic carbocycles. The van der Waals surface area contributed by atoms with Crippen molar-refractivity contribution in [1.29, 1.82) is 0 Å². The van der Waals surface area contributed by atoms with Crippen LogP contribution >= 0.6 is 63.0 Å². The Morgan fingerprint density at radius 3 is 2.86 bits per heavy atom. The summed E-state index contributed by atoms with van der Waals surface area (Å²) in [7, 11) is 0. The molecule has 0 aromatic heterocycles. The van der Waals surface area contributed by atoms with Crippen molar-refractivity contribution in [3.05, 3.63) is 57.3 Å². The van der Waals surface area contributed by atoms with Crippen molar-refractivity contribution in [1.82, 2.24) is 0 Å². The molecule has 1 aromatic rings. The molecule has 2 atom stereocenters. The van der Waals surface area contributed by atoms with E-state index in [9.17, 15) is 4.79 Å². The van der Waals surface area contributed by atoms with Crippen LogP contribution in [-0.4, -0.2) is 21.9 Å². The second-order valence-corrected chi connectivity index (χ2v) is 10.6. The van der Waals surface area contributed by atoms with E-state index in [1.54, 1.807) is 0 Å². The molecule has 1 aliphatic heterocycles. The highest BCUT2D eigenvalue weighted by Gasteiger charge is 2.20. The topological polar surface area (TPSA) is 17.1 Å². The van der Waals surface area contributed by atoms with E-state index in [2.05, 4.69) is 59.1 Å². The summed E-state index contributed by atoms with van der Waals surface area (Å²) in [5.74, 6) is 2.01. The molecule has 2 unspecified atom stereocenters. The first-order valence-corrected chi connectivity index (χ1v) is 11.4. The zero-order chi connectivity index (χ0) is 15.9. The lowest BCUT2D eigenvalue weighted by atomic mass is 10.2. The van der Waals surface area contributed by atoms with Crippen LogP contribution in [0.15, 0.2) is 51.7 Å². The maximum Gasteiger partial charge on any atom is 0.211 e. The second kappa shape index (κ2) is 9.52. The molecule has 0 amide bonds. The summed E-state index contributed by atoms with van der Waals surface area (Å²) in [5.41, 5.74) is 1.36. The van der Waals surface area contributed by atoms with Gasteiger partial charge < -0.3 is 0 Å². The van der Waals surface area contributed by atoms with Crippen LogP contribution in [0.1, 0.15) is 17.1 Å². The lowest BCUT2D eigenvalue weighted by Crippen LogP contribution is -2.04. The van der Waals surface area contributed by atoms with Crippen LogP contribution in [0.25, 0.3) is 0 Å². The summed E-state index contributed by atoms with van der Waals surface area (Å²) in [6.07, 6.45) is 1.39. The minimum absolute atomic E-state index is 0.0633. The first-order chi connectivity index (χ1) is 10.6. The van der Waals surface area contributed by atoms with Crippen molar-refractivity contribution < 1.29 is 4.79 Å². The van der Waals surface area contributed by atoms with E-state index < -0.39 is 0 Å². The Balaban J connectivity index is 1.71. The monoisotopic (exact) mass is 432 g/mol. The van der Waals surface area contributed by atoms with Gasteiger partial charge in [0.2, 0.25) is 5.12 Å². The van der Waals surface area contributed by atoms with Crippen LogP contribution in [-0.2, 0) is 4.79 Å². The van der Waals surface area contributed by atoms with Gasteiger partial charge >= 0.3 is 0 Å². The number of hydrogen-bond donors (Lipinski definition) is 0. The molecule has 0 saturated heterocycles. The van der Waals surface area contributed by atoms with Gasteiger partial charge in [0.05, 0.1) is 4.58 Å². The molecule has 118 valence electrons.